The van der Waals surface area contributed by atoms with Crippen molar-refractivity contribution in [3.8, 4) is 5.75 Å². The average molecular weight is 538 g/mol. The Morgan fingerprint density at radius 3 is 2.74 bits per heavy atom. The van der Waals surface area contributed by atoms with Gasteiger partial charge in [-0.15, -0.1) is 24.0 Å². The van der Waals surface area contributed by atoms with Crippen LogP contribution in [0.4, 0.5) is 5.69 Å². The fourth-order valence-electron chi connectivity index (χ4n) is 3.16. The number of hydrogen-bond acceptors (Lipinski definition) is 4. The zero-order valence-electron chi connectivity index (χ0n) is 17.8. The molecule has 1 fully saturated rings. The maximum Gasteiger partial charge on any atom is 0.253 e. The van der Waals surface area contributed by atoms with Crippen molar-refractivity contribution in [3.63, 3.8) is 0 Å². The smallest absolute Gasteiger partial charge is 0.253 e. The first-order valence-corrected chi connectivity index (χ1v) is 10.4. The van der Waals surface area contributed by atoms with E-state index in [9.17, 15) is 4.79 Å². The van der Waals surface area contributed by atoms with Crippen LogP contribution in [0.3, 0.4) is 0 Å². The molecule has 31 heavy (non-hydrogen) atoms. The molecule has 1 heterocycles. The Morgan fingerprint density at radius 2 is 2.00 bits per heavy atom. The Kier molecular flexibility index (Phi) is 11.2. The van der Waals surface area contributed by atoms with Gasteiger partial charge >= 0.3 is 0 Å². The number of nitrogens with one attached hydrogen (secondary N) is 3. The van der Waals surface area contributed by atoms with Crippen LogP contribution >= 0.6 is 24.0 Å². The van der Waals surface area contributed by atoms with Gasteiger partial charge in [-0.3, -0.25) is 9.79 Å². The Labute approximate surface area is 201 Å². The molecule has 0 aromatic heterocycles. The quantitative estimate of drug-likeness (QED) is 0.197. The first-order chi connectivity index (χ1) is 14.7. The number of amides is 1. The van der Waals surface area contributed by atoms with Gasteiger partial charge < -0.3 is 25.4 Å². The highest BCUT2D eigenvalue weighted by Crippen LogP contribution is 2.16. The van der Waals surface area contributed by atoms with Gasteiger partial charge in [-0.2, -0.15) is 0 Å². The molecule has 0 aliphatic carbocycles. The number of halogens is 1. The van der Waals surface area contributed by atoms with Crippen molar-refractivity contribution in [1.82, 2.24) is 10.6 Å². The van der Waals surface area contributed by atoms with E-state index in [1.807, 2.05) is 54.6 Å². The van der Waals surface area contributed by atoms with Crippen LogP contribution in [0.25, 0.3) is 0 Å². The number of para-hydroxylation sites is 1. The minimum Gasteiger partial charge on any atom is -0.494 e. The summed E-state index contributed by atoms with van der Waals surface area (Å²) in [6.07, 6.45) is 2.25. The molecule has 2 aromatic carbocycles. The normalized spacial score (nSPS) is 15.6. The zero-order chi connectivity index (χ0) is 21.0. The van der Waals surface area contributed by atoms with E-state index in [-0.39, 0.29) is 36.0 Å². The number of hydrogen-bond donors (Lipinski definition) is 3. The molecule has 0 spiro atoms. The summed E-state index contributed by atoms with van der Waals surface area (Å²) in [4.78, 5) is 16.5. The summed E-state index contributed by atoms with van der Waals surface area (Å²) in [5, 5.41) is 9.51. The van der Waals surface area contributed by atoms with Gasteiger partial charge in [0.1, 0.15) is 11.9 Å². The lowest BCUT2D eigenvalue weighted by molar-refractivity contribution is -0.124. The van der Waals surface area contributed by atoms with Gasteiger partial charge in [-0.05, 0) is 49.1 Å². The molecule has 168 valence electrons. The zero-order valence-corrected chi connectivity index (χ0v) is 20.1. The van der Waals surface area contributed by atoms with E-state index in [2.05, 4.69) is 20.9 Å². The number of ether oxygens (including phenoxy) is 2. The van der Waals surface area contributed by atoms with Crippen molar-refractivity contribution in [2.75, 3.05) is 32.1 Å². The van der Waals surface area contributed by atoms with Crippen molar-refractivity contribution in [2.24, 2.45) is 4.99 Å². The summed E-state index contributed by atoms with van der Waals surface area (Å²) >= 11 is 0. The minimum absolute atomic E-state index is 0. The summed E-state index contributed by atoms with van der Waals surface area (Å²) in [5.41, 5.74) is 1.83. The summed E-state index contributed by atoms with van der Waals surface area (Å²) in [6.45, 7) is 2.65. The topological polar surface area (TPSA) is 84.0 Å². The van der Waals surface area contributed by atoms with Crippen molar-refractivity contribution < 1.29 is 14.3 Å². The molecule has 1 atom stereocenters. The third-order valence-electron chi connectivity index (χ3n) is 4.73. The van der Waals surface area contributed by atoms with Crippen LogP contribution in [-0.4, -0.2) is 44.8 Å². The molecule has 1 unspecified atom stereocenters. The molecule has 3 N–H and O–H groups in total. The fraction of sp³-hybridized carbons (Fsp3) is 0.391. The lowest BCUT2D eigenvalue weighted by atomic mass is 10.2. The van der Waals surface area contributed by atoms with Crippen LogP contribution in [0.15, 0.2) is 59.6 Å². The summed E-state index contributed by atoms with van der Waals surface area (Å²) in [6, 6.07) is 17.6. The van der Waals surface area contributed by atoms with E-state index in [1.165, 1.54) is 0 Å². The molecule has 0 bridgehead atoms. The summed E-state index contributed by atoms with van der Waals surface area (Å²) < 4.78 is 11.1. The number of rotatable bonds is 9. The summed E-state index contributed by atoms with van der Waals surface area (Å²) in [5.74, 6) is 1.53. The Balaban J connectivity index is 0.00000341. The molecule has 0 radical (unpaired) electrons. The minimum atomic E-state index is -0.333. The number of anilines is 1. The second kappa shape index (κ2) is 13.9. The Bertz CT molecular complexity index is 827. The molecule has 1 saturated heterocycles. The van der Waals surface area contributed by atoms with Crippen LogP contribution in [0.1, 0.15) is 24.8 Å². The Morgan fingerprint density at radius 1 is 1.16 bits per heavy atom. The molecule has 3 rings (SSSR count). The number of guanidine groups is 1. The van der Waals surface area contributed by atoms with Crippen molar-refractivity contribution in [2.45, 2.75) is 31.9 Å². The van der Waals surface area contributed by atoms with Gasteiger partial charge in [0.25, 0.3) is 5.91 Å². The molecule has 1 aliphatic rings. The second-order valence-electron chi connectivity index (χ2n) is 7.06. The number of carbonyl (C=O) groups is 1. The van der Waals surface area contributed by atoms with Gasteiger partial charge in [0.15, 0.2) is 5.96 Å². The van der Waals surface area contributed by atoms with Gasteiger partial charge in [-0.1, -0.05) is 30.3 Å². The van der Waals surface area contributed by atoms with Crippen molar-refractivity contribution in [1.29, 1.82) is 0 Å². The van der Waals surface area contributed by atoms with Crippen LogP contribution in [0.2, 0.25) is 0 Å². The van der Waals surface area contributed by atoms with E-state index < -0.39 is 0 Å². The number of nitrogens with zero attached hydrogens (tertiary/aromatic N) is 1. The van der Waals surface area contributed by atoms with Crippen molar-refractivity contribution >= 4 is 41.5 Å². The molecule has 1 amide bonds. The largest absolute Gasteiger partial charge is 0.494 e. The SMILES string of the molecule is CN=C(NCCCOc1ccccc1)NCc1cccc(NC(=O)C2CCCO2)c1.I. The number of aliphatic imine (C=N–C) groups is 1. The molecule has 2 aromatic rings. The predicted molar refractivity (Wildman–Crippen MR) is 134 cm³/mol. The number of benzene rings is 2. The second-order valence-corrected chi connectivity index (χ2v) is 7.06. The fourth-order valence-corrected chi connectivity index (χ4v) is 3.16. The van der Waals surface area contributed by atoms with E-state index >= 15 is 0 Å². The van der Waals surface area contributed by atoms with Crippen LogP contribution in [0.5, 0.6) is 5.75 Å². The monoisotopic (exact) mass is 538 g/mol. The molecular formula is C23H31IN4O3. The standard InChI is InChI=1S/C23H30N4O3.HI/c1-24-23(25-13-7-15-29-20-10-3-2-4-11-20)26-17-18-8-5-9-19(16-18)27-22(28)21-12-6-14-30-21;/h2-5,8-11,16,21H,6-7,12-15,17H2,1H3,(H,27,28)(H2,24,25,26);1H. The average Bonchev–Trinajstić information content (AvgIpc) is 3.32. The van der Waals surface area contributed by atoms with E-state index in [4.69, 9.17) is 9.47 Å². The molecule has 8 heteroatoms. The maximum atomic E-state index is 12.2. The summed E-state index contributed by atoms with van der Waals surface area (Å²) in [7, 11) is 1.74. The lowest BCUT2D eigenvalue weighted by Gasteiger charge is -2.14. The van der Waals surface area contributed by atoms with Crippen molar-refractivity contribution in [3.05, 3.63) is 60.2 Å². The first kappa shape index (κ1) is 24.9. The van der Waals surface area contributed by atoms with Gasteiger partial charge in [0.05, 0.1) is 6.61 Å². The molecular weight excluding hydrogens is 507 g/mol. The highest BCUT2D eigenvalue weighted by atomic mass is 127. The third kappa shape index (κ3) is 8.74. The third-order valence-corrected chi connectivity index (χ3v) is 4.73. The van der Waals surface area contributed by atoms with Crippen LogP contribution < -0.4 is 20.7 Å². The van der Waals surface area contributed by atoms with E-state index in [0.29, 0.717) is 19.8 Å². The first-order valence-electron chi connectivity index (χ1n) is 10.4. The highest BCUT2D eigenvalue weighted by molar-refractivity contribution is 14.0. The van der Waals surface area contributed by atoms with Crippen LogP contribution in [-0.2, 0) is 16.1 Å². The maximum absolute atomic E-state index is 12.2. The predicted octanol–water partition coefficient (Wildman–Crippen LogP) is 3.56. The molecule has 1 aliphatic heterocycles. The van der Waals surface area contributed by atoms with Gasteiger partial charge in [0.2, 0.25) is 0 Å². The number of carbonyl (C=O) groups excluding carboxylic acids is 1. The highest BCUT2D eigenvalue weighted by Gasteiger charge is 2.23. The Hall–Kier alpha value is -2.33. The lowest BCUT2D eigenvalue weighted by Crippen LogP contribution is -2.37. The van der Waals surface area contributed by atoms with E-state index in [0.717, 1.165) is 48.8 Å². The van der Waals surface area contributed by atoms with Gasteiger partial charge in [0, 0.05) is 32.4 Å². The van der Waals surface area contributed by atoms with Crippen LogP contribution in [0, 0.1) is 0 Å². The van der Waals surface area contributed by atoms with E-state index in [1.54, 1.807) is 7.05 Å². The van der Waals surface area contributed by atoms with Gasteiger partial charge in [-0.25, -0.2) is 0 Å². The molecule has 7 nitrogen and oxygen atoms in total. The molecule has 0 saturated carbocycles.